The number of hydrogen-bond acceptors (Lipinski definition) is 8. The number of benzene rings is 2. The minimum absolute atomic E-state index is 0.103. The van der Waals surface area contributed by atoms with Crippen LogP contribution < -0.4 is 10.6 Å². The van der Waals surface area contributed by atoms with Gasteiger partial charge < -0.3 is 39.9 Å². The van der Waals surface area contributed by atoms with Crippen LogP contribution in [0, 0.1) is 11.8 Å². The molecule has 0 bridgehead atoms. The molecular weight excluding hydrogens is 725 g/mol. The van der Waals surface area contributed by atoms with E-state index in [1.54, 1.807) is 11.1 Å². The van der Waals surface area contributed by atoms with Crippen LogP contribution in [0.3, 0.4) is 0 Å². The molecule has 300 valence electrons. The van der Waals surface area contributed by atoms with Gasteiger partial charge in [0.2, 0.25) is 11.8 Å². The molecule has 4 atom stereocenters. The molecule has 4 amide bonds. The van der Waals surface area contributed by atoms with E-state index in [0.717, 1.165) is 76.4 Å². The summed E-state index contributed by atoms with van der Waals surface area (Å²) in [6.45, 7) is 12.9. The standard InChI is InChI=1S/C43H52N8O6/c1-23(2)34(48-42(54)56-6)40(52)50-19-8-9-33(50)38-45-31-17-15-29-21-28(14-16-30(29)36(31)47-38)26-10-12-27(13-11-26)32-22-44-39(46-32)37-25(5)18-20-51(37)41(53)35(24(3)4)49-43(55)57-7/h10-14,16,21-24,33-35,37H,5,8-9,15,17-20H2,1-4,6-7H3,(H,44,46)(H,45,47)(H,48,54)(H,49,55)/t33-,34?,35-,37-/m0/s1. The van der Waals surface area contributed by atoms with Gasteiger partial charge in [0.25, 0.3) is 0 Å². The molecular formula is C43H52N8O6. The molecule has 14 nitrogen and oxygen atoms in total. The number of rotatable bonds is 10. The number of nitrogens with one attached hydrogen (secondary N) is 4. The van der Waals surface area contributed by atoms with Crippen molar-refractivity contribution >= 4 is 24.0 Å². The van der Waals surface area contributed by atoms with E-state index in [0.29, 0.717) is 25.3 Å². The van der Waals surface area contributed by atoms with Crippen molar-refractivity contribution in [3.05, 3.63) is 83.7 Å². The molecule has 57 heavy (non-hydrogen) atoms. The third-order valence-corrected chi connectivity index (χ3v) is 11.5. The number of ether oxygens (including phenoxy) is 2. The number of likely N-dealkylation sites (tertiary alicyclic amines) is 2. The Labute approximate surface area is 332 Å². The summed E-state index contributed by atoms with van der Waals surface area (Å²) in [5.74, 6) is 0.844. The minimum Gasteiger partial charge on any atom is -0.453 e. The van der Waals surface area contributed by atoms with Crippen LogP contribution in [-0.2, 0) is 31.9 Å². The second kappa shape index (κ2) is 16.3. The molecule has 14 heteroatoms. The average Bonchev–Trinajstić information content (AvgIpc) is 4.04. The lowest BCUT2D eigenvalue weighted by molar-refractivity contribution is -0.136. The number of aryl methyl sites for hydroxylation is 2. The smallest absolute Gasteiger partial charge is 0.407 e. The van der Waals surface area contributed by atoms with Gasteiger partial charge in [0.15, 0.2) is 0 Å². The lowest BCUT2D eigenvalue weighted by Gasteiger charge is -2.30. The van der Waals surface area contributed by atoms with Crippen LogP contribution in [0.25, 0.3) is 33.6 Å². The lowest BCUT2D eigenvalue weighted by atomic mass is 9.89. The zero-order valence-electron chi connectivity index (χ0n) is 33.5. The number of carbonyl (C=O) groups is 4. The molecule has 4 aromatic rings. The van der Waals surface area contributed by atoms with E-state index in [4.69, 9.17) is 14.5 Å². The van der Waals surface area contributed by atoms with Crippen molar-refractivity contribution in [3.63, 3.8) is 0 Å². The van der Waals surface area contributed by atoms with E-state index in [1.165, 1.54) is 19.8 Å². The first-order valence-electron chi connectivity index (χ1n) is 19.7. The van der Waals surface area contributed by atoms with Gasteiger partial charge in [0, 0.05) is 24.3 Å². The van der Waals surface area contributed by atoms with Crippen molar-refractivity contribution in [2.24, 2.45) is 11.8 Å². The van der Waals surface area contributed by atoms with Gasteiger partial charge in [-0.3, -0.25) is 9.59 Å². The molecule has 1 unspecified atom stereocenters. The van der Waals surface area contributed by atoms with Crippen LogP contribution in [0.15, 0.2) is 60.8 Å². The van der Waals surface area contributed by atoms with E-state index in [-0.39, 0.29) is 29.7 Å². The van der Waals surface area contributed by atoms with Crippen molar-refractivity contribution in [2.45, 2.75) is 84.0 Å². The van der Waals surface area contributed by atoms with Crippen molar-refractivity contribution in [3.8, 4) is 33.6 Å². The maximum absolute atomic E-state index is 13.7. The molecule has 1 aliphatic carbocycles. The van der Waals surface area contributed by atoms with Crippen LogP contribution in [0.1, 0.15) is 81.9 Å². The van der Waals surface area contributed by atoms with E-state index in [1.807, 2.05) is 32.6 Å². The van der Waals surface area contributed by atoms with Crippen molar-refractivity contribution in [1.82, 2.24) is 40.4 Å². The highest BCUT2D eigenvalue weighted by molar-refractivity contribution is 5.87. The number of imidazole rings is 2. The fourth-order valence-corrected chi connectivity index (χ4v) is 8.33. The normalized spacial score (nSPS) is 18.6. The summed E-state index contributed by atoms with van der Waals surface area (Å²) >= 11 is 0. The van der Waals surface area contributed by atoms with Gasteiger partial charge in [-0.15, -0.1) is 0 Å². The van der Waals surface area contributed by atoms with Gasteiger partial charge in [0.1, 0.15) is 29.8 Å². The average molecular weight is 777 g/mol. The van der Waals surface area contributed by atoms with Crippen LogP contribution in [0.4, 0.5) is 9.59 Å². The Morgan fingerprint density at radius 1 is 0.789 bits per heavy atom. The summed E-state index contributed by atoms with van der Waals surface area (Å²) in [5.41, 5.74) is 9.16. The maximum Gasteiger partial charge on any atom is 0.407 e. The highest BCUT2D eigenvalue weighted by Crippen LogP contribution is 2.40. The van der Waals surface area contributed by atoms with E-state index < -0.39 is 30.3 Å². The number of amides is 4. The lowest BCUT2D eigenvalue weighted by Crippen LogP contribution is -2.51. The molecule has 7 rings (SSSR count). The van der Waals surface area contributed by atoms with Crippen molar-refractivity contribution < 1.29 is 28.7 Å². The molecule has 2 fully saturated rings. The number of H-pyrrole nitrogens is 2. The highest BCUT2D eigenvalue weighted by atomic mass is 16.5. The first kappa shape index (κ1) is 39.3. The van der Waals surface area contributed by atoms with Gasteiger partial charge in [0.05, 0.1) is 37.8 Å². The summed E-state index contributed by atoms with van der Waals surface area (Å²) in [7, 11) is 2.58. The number of alkyl carbamates (subject to hydrolysis) is 2. The number of fused-ring (bicyclic) bond motifs is 3. The molecule has 3 aliphatic rings. The molecule has 4 heterocycles. The van der Waals surface area contributed by atoms with Crippen molar-refractivity contribution in [1.29, 1.82) is 0 Å². The number of hydrogen-bond donors (Lipinski definition) is 4. The second-order valence-electron chi connectivity index (χ2n) is 15.8. The van der Waals surface area contributed by atoms with E-state index >= 15 is 0 Å². The first-order chi connectivity index (χ1) is 27.4. The Morgan fingerprint density at radius 3 is 2.07 bits per heavy atom. The zero-order valence-corrected chi connectivity index (χ0v) is 33.5. The molecule has 2 aromatic heterocycles. The number of aromatic nitrogens is 4. The van der Waals surface area contributed by atoms with Gasteiger partial charge in [-0.1, -0.05) is 76.7 Å². The van der Waals surface area contributed by atoms with E-state index in [9.17, 15) is 19.2 Å². The monoisotopic (exact) mass is 776 g/mol. The maximum atomic E-state index is 13.7. The van der Waals surface area contributed by atoms with Crippen LogP contribution in [0.5, 0.6) is 0 Å². The minimum atomic E-state index is -0.739. The van der Waals surface area contributed by atoms with Gasteiger partial charge >= 0.3 is 12.2 Å². The SMILES string of the molecule is C=C1CCN(C(=O)[C@@H](NC(=O)OC)C(C)C)[C@@H]1c1ncc(-c2ccc(-c3ccc4c(c3)CCc3[nH]c([C@@H]5CCCN5C(=O)C(NC(=O)OC)C(C)C)nc3-4)cc2)[nH]1. The molecule has 0 spiro atoms. The third kappa shape index (κ3) is 7.77. The Balaban J connectivity index is 1.06. The highest BCUT2D eigenvalue weighted by Gasteiger charge is 2.40. The van der Waals surface area contributed by atoms with E-state index in [2.05, 4.69) is 74.6 Å². The number of nitrogens with zero attached hydrogens (tertiary/aromatic N) is 4. The van der Waals surface area contributed by atoms with Gasteiger partial charge in [-0.2, -0.15) is 0 Å². The number of methoxy groups -OCH3 is 2. The summed E-state index contributed by atoms with van der Waals surface area (Å²) in [4.78, 5) is 71.8. The number of carbonyl (C=O) groups excluding carboxylic acids is 4. The van der Waals surface area contributed by atoms with Gasteiger partial charge in [-0.25, -0.2) is 19.6 Å². The first-order valence-corrected chi connectivity index (χ1v) is 19.7. The summed E-state index contributed by atoms with van der Waals surface area (Å²) in [5, 5.41) is 5.41. The fourth-order valence-electron chi connectivity index (χ4n) is 8.33. The summed E-state index contributed by atoms with van der Waals surface area (Å²) < 4.78 is 9.55. The third-order valence-electron chi connectivity index (χ3n) is 11.5. The predicted octanol–water partition coefficient (Wildman–Crippen LogP) is 6.49. The molecule has 0 saturated carbocycles. The number of aromatic amines is 2. The molecule has 2 aliphatic heterocycles. The van der Waals surface area contributed by atoms with Crippen LogP contribution in [0.2, 0.25) is 0 Å². The van der Waals surface area contributed by atoms with Crippen LogP contribution >= 0.6 is 0 Å². The second-order valence-corrected chi connectivity index (χ2v) is 15.8. The Bertz CT molecular complexity index is 2170. The molecule has 0 radical (unpaired) electrons. The summed E-state index contributed by atoms with van der Waals surface area (Å²) in [6.07, 6.45) is 4.49. The Kier molecular flexibility index (Phi) is 11.2. The quantitative estimate of drug-likeness (QED) is 0.132. The molecule has 2 aromatic carbocycles. The molecule has 2 saturated heterocycles. The largest absolute Gasteiger partial charge is 0.453 e. The van der Waals surface area contributed by atoms with Gasteiger partial charge in [-0.05, 0) is 71.8 Å². The Morgan fingerprint density at radius 2 is 1.42 bits per heavy atom. The zero-order chi connectivity index (χ0) is 40.5. The topological polar surface area (TPSA) is 175 Å². The molecule has 4 N–H and O–H groups in total. The van der Waals surface area contributed by atoms with Crippen LogP contribution in [-0.4, -0.2) is 93.1 Å². The summed E-state index contributed by atoms with van der Waals surface area (Å²) in [6, 6.07) is 12.8. The Hall–Kier alpha value is -5.92. The van der Waals surface area contributed by atoms with Crippen molar-refractivity contribution in [2.75, 3.05) is 27.3 Å². The predicted molar refractivity (Wildman–Crippen MR) is 215 cm³/mol. The fraction of sp³-hybridized carbons (Fsp3) is 0.442.